The minimum Gasteiger partial charge on any atom is -0.480 e. The van der Waals surface area contributed by atoms with E-state index in [4.69, 9.17) is 9.47 Å². The van der Waals surface area contributed by atoms with Crippen LogP contribution in [-0.2, 0) is 14.3 Å². The summed E-state index contributed by atoms with van der Waals surface area (Å²) >= 11 is 0. The first-order valence-electron chi connectivity index (χ1n) is 7.77. The fourth-order valence-electron chi connectivity index (χ4n) is 2.08. The molecule has 0 aliphatic carbocycles. The highest BCUT2D eigenvalue weighted by Gasteiger charge is 2.32. The van der Waals surface area contributed by atoms with Crippen LogP contribution < -0.4 is 5.32 Å². The molecule has 0 amide bonds. The molecule has 1 atom stereocenters. The maximum Gasteiger partial charge on any atom is 0.323 e. The third kappa shape index (κ3) is 9.06. The average molecular weight is 303 g/mol. The molecular formula is C16H33NO4. The van der Waals surface area contributed by atoms with Gasteiger partial charge in [-0.25, -0.2) is 0 Å². The molecule has 0 fully saturated rings. The maximum absolute atomic E-state index is 11.4. The van der Waals surface area contributed by atoms with E-state index in [9.17, 15) is 9.90 Å². The summed E-state index contributed by atoms with van der Waals surface area (Å²) in [4.78, 5) is 11.4. The Kier molecular flexibility index (Phi) is 9.09. The van der Waals surface area contributed by atoms with Crippen LogP contribution in [0, 0.1) is 0 Å². The number of rotatable bonds is 12. The van der Waals surface area contributed by atoms with Gasteiger partial charge in [-0.2, -0.15) is 0 Å². The van der Waals surface area contributed by atoms with Crippen molar-refractivity contribution in [1.82, 2.24) is 5.32 Å². The van der Waals surface area contributed by atoms with E-state index in [1.54, 1.807) is 14.0 Å². The van der Waals surface area contributed by atoms with Crippen LogP contribution in [0.3, 0.4) is 0 Å². The molecule has 5 nitrogen and oxygen atoms in total. The van der Waals surface area contributed by atoms with Gasteiger partial charge in [-0.3, -0.25) is 10.1 Å². The van der Waals surface area contributed by atoms with Crippen molar-refractivity contribution in [2.45, 2.75) is 77.5 Å². The molecule has 0 aromatic heterocycles. The molecule has 1 unspecified atom stereocenters. The molecule has 5 heteroatoms. The number of unbranched alkanes of at least 4 members (excludes halogenated alkanes) is 1. The summed E-state index contributed by atoms with van der Waals surface area (Å²) in [5.41, 5.74) is -1.00. The minimum atomic E-state index is -0.855. The van der Waals surface area contributed by atoms with Crippen molar-refractivity contribution < 1.29 is 19.4 Å². The first kappa shape index (κ1) is 20.3. The summed E-state index contributed by atoms with van der Waals surface area (Å²) in [6.07, 6.45) is 3.16. The second-order valence-corrected chi connectivity index (χ2v) is 6.72. The lowest BCUT2D eigenvalue weighted by Gasteiger charge is -2.28. The molecule has 0 saturated heterocycles. The number of hydrogen-bond acceptors (Lipinski definition) is 4. The van der Waals surface area contributed by atoms with Gasteiger partial charge in [-0.15, -0.1) is 0 Å². The minimum absolute atomic E-state index is 0.150. The zero-order valence-electron chi connectivity index (χ0n) is 14.5. The number of carboxylic acid groups (broad SMARTS) is 1. The van der Waals surface area contributed by atoms with Crippen LogP contribution in [0.1, 0.15) is 60.3 Å². The highest BCUT2D eigenvalue weighted by atomic mass is 16.5. The normalized spacial score (nSPS) is 15.2. The van der Waals surface area contributed by atoms with Crippen molar-refractivity contribution >= 4 is 5.97 Å². The predicted octanol–water partition coefficient (Wildman–Crippen LogP) is 2.83. The maximum atomic E-state index is 11.4. The number of hydrogen-bond donors (Lipinski definition) is 2. The lowest BCUT2D eigenvalue weighted by Crippen LogP contribution is -2.52. The van der Waals surface area contributed by atoms with E-state index < -0.39 is 11.5 Å². The van der Waals surface area contributed by atoms with E-state index >= 15 is 0 Å². The Morgan fingerprint density at radius 1 is 1.14 bits per heavy atom. The lowest BCUT2D eigenvalue weighted by atomic mass is 9.94. The number of ether oxygens (including phenoxy) is 2. The number of aliphatic carboxylic acids is 1. The summed E-state index contributed by atoms with van der Waals surface area (Å²) in [6, 6.07) is 0.152. The van der Waals surface area contributed by atoms with E-state index in [2.05, 4.69) is 5.32 Å². The van der Waals surface area contributed by atoms with Gasteiger partial charge in [-0.05, 0) is 60.3 Å². The molecule has 0 saturated carbocycles. The molecule has 0 heterocycles. The van der Waals surface area contributed by atoms with Gasteiger partial charge in [0.1, 0.15) is 5.54 Å². The molecule has 0 aliphatic rings. The van der Waals surface area contributed by atoms with Crippen molar-refractivity contribution in [3.8, 4) is 0 Å². The molecule has 2 N–H and O–H groups in total. The molecule has 21 heavy (non-hydrogen) atoms. The van der Waals surface area contributed by atoms with Crippen LogP contribution >= 0.6 is 0 Å². The van der Waals surface area contributed by atoms with E-state index in [0.717, 1.165) is 19.3 Å². The lowest BCUT2D eigenvalue weighted by molar-refractivity contribution is -0.144. The first-order chi connectivity index (χ1) is 9.63. The largest absolute Gasteiger partial charge is 0.480 e. The average Bonchev–Trinajstić information content (AvgIpc) is 2.36. The van der Waals surface area contributed by atoms with Crippen molar-refractivity contribution in [2.75, 3.05) is 20.3 Å². The van der Waals surface area contributed by atoms with Gasteiger partial charge in [0.2, 0.25) is 0 Å². The van der Waals surface area contributed by atoms with Gasteiger partial charge in [-0.1, -0.05) is 0 Å². The zero-order valence-corrected chi connectivity index (χ0v) is 14.5. The fraction of sp³-hybridized carbons (Fsp3) is 0.938. The SMILES string of the molecule is COC(C)(C)CCOCCCCC(C)(NC(C)C)C(=O)O. The highest BCUT2D eigenvalue weighted by Crippen LogP contribution is 2.16. The van der Waals surface area contributed by atoms with Crippen LogP contribution in [0.2, 0.25) is 0 Å². The summed E-state index contributed by atoms with van der Waals surface area (Å²) in [5.74, 6) is -0.793. The summed E-state index contributed by atoms with van der Waals surface area (Å²) in [6.45, 7) is 11.1. The summed E-state index contributed by atoms with van der Waals surface area (Å²) in [7, 11) is 1.70. The second-order valence-electron chi connectivity index (χ2n) is 6.72. The highest BCUT2D eigenvalue weighted by molar-refractivity contribution is 5.78. The third-order valence-corrected chi connectivity index (χ3v) is 3.70. The Morgan fingerprint density at radius 3 is 2.24 bits per heavy atom. The van der Waals surface area contributed by atoms with E-state index in [-0.39, 0.29) is 11.6 Å². The quantitative estimate of drug-likeness (QED) is 0.543. The number of carbonyl (C=O) groups is 1. The smallest absolute Gasteiger partial charge is 0.323 e. The second kappa shape index (κ2) is 9.38. The van der Waals surface area contributed by atoms with Crippen LogP contribution in [0.25, 0.3) is 0 Å². The van der Waals surface area contributed by atoms with Gasteiger partial charge in [0, 0.05) is 26.4 Å². The Balaban J connectivity index is 3.85. The Labute approximate surface area is 129 Å². The van der Waals surface area contributed by atoms with Gasteiger partial charge < -0.3 is 14.6 Å². The topological polar surface area (TPSA) is 67.8 Å². The van der Waals surface area contributed by atoms with Crippen molar-refractivity contribution in [2.24, 2.45) is 0 Å². The molecule has 0 aromatic rings. The molecule has 0 bridgehead atoms. The molecule has 0 spiro atoms. The van der Waals surface area contributed by atoms with Gasteiger partial charge >= 0.3 is 5.97 Å². The number of carboxylic acids is 1. The standard InChI is InChI=1S/C16H33NO4/c1-13(2)17-16(5,14(18)19)9-7-8-11-21-12-10-15(3,4)20-6/h13,17H,7-12H2,1-6H3,(H,18,19). The number of methoxy groups -OCH3 is 1. The zero-order chi connectivity index (χ0) is 16.5. The van der Waals surface area contributed by atoms with Crippen molar-refractivity contribution in [3.05, 3.63) is 0 Å². The Hall–Kier alpha value is -0.650. The predicted molar refractivity (Wildman–Crippen MR) is 84.7 cm³/mol. The van der Waals surface area contributed by atoms with Gasteiger partial charge in [0.15, 0.2) is 0 Å². The monoisotopic (exact) mass is 303 g/mol. The van der Waals surface area contributed by atoms with Crippen LogP contribution in [0.5, 0.6) is 0 Å². The van der Waals surface area contributed by atoms with Gasteiger partial charge in [0.05, 0.1) is 5.60 Å². The van der Waals surface area contributed by atoms with Crippen LogP contribution in [0.15, 0.2) is 0 Å². The first-order valence-corrected chi connectivity index (χ1v) is 7.77. The number of nitrogens with one attached hydrogen (secondary N) is 1. The van der Waals surface area contributed by atoms with Crippen molar-refractivity contribution in [3.63, 3.8) is 0 Å². The molecule has 0 aliphatic heterocycles. The summed E-state index contributed by atoms with van der Waals surface area (Å²) in [5, 5.41) is 12.5. The van der Waals surface area contributed by atoms with Crippen LogP contribution in [0.4, 0.5) is 0 Å². The Bertz CT molecular complexity index is 305. The molecule has 126 valence electrons. The molecule has 0 aromatic carbocycles. The summed E-state index contributed by atoms with van der Waals surface area (Å²) < 4.78 is 10.9. The fourth-order valence-corrected chi connectivity index (χ4v) is 2.08. The van der Waals surface area contributed by atoms with Crippen molar-refractivity contribution in [1.29, 1.82) is 0 Å². The third-order valence-electron chi connectivity index (χ3n) is 3.70. The Morgan fingerprint density at radius 2 is 1.76 bits per heavy atom. The van der Waals surface area contributed by atoms with E-state index in [0.29, 0.717) is 19.6 Å². The molecule has 0 rings (SSSR count). The van der Waals surface area contributed by atoms with Gasteiger partial charge in [0.25, 0.3) is 0 Å². The van der Waals surface area contributed by atoms with Crippen LogP contribution in [-0.4, -0.2) is 48.6 Å². The molecule has 0 radical (unpaired) electrons. The van der Waals surface area contributed by atoms with E-state index in [1.165, 1.54) is 0 Å². The molecular weight excluding hydrogens is 270 g/mol. The van der Waals surface area contributed by atoms with E-state index in [1.807, 2.05) is 27.7 Å².